The van der Waals surface area contributed by atoms with E-state index in [0.717, 1.165) is 11.8 Å². The first-order chi connectivity index (χ1) is 12.4. The number of halogens is 1. The zero-order valence-electron chi connectivity index (χ0n) is 14.5. The van der Waals surface area contributed by atoms with E-state index < -0.39 is 5.97 Å². The van der Waals surface area contributed by atoms with Gasteiger partial charge >= 0.3 is 5.97 Å². The molecule has 0 atom stereocenters. The second-order valence-corrected chi connectivity index (χ2v) is 6.89. The average Bonchev–Trinajstić information content (AvgIpc) is 2.88. The highest BCUT2D eigenvalue weighted by Crippen LogP contribution is 2.37. The van der Waals surface area contributed by atoms with Gasteiger partial charge in [0.25, 0.3) is 11.1 Å². The molecule has 0 bridgehead atoms. The Balaban J connectivity index is 2.26. The predicted molar refractivity (Wildman–Crippen MR) is 101 cm³/mol. The first-order valence-corrected chi connectivity index (χ1v) is 9.43. The van der Waals surface area contributed by atoms with Crippen molar-refractivity contribution in [2.24, 2.45) is 0 Å². The molecule has 0 N–H and O–H groups in total. The number of esters is 1. The third-order valence-corrected chi connectivity index (χ3v) is 5.00. The van der Waals surface area contributed by atoms with Gasteiger partial charge in [0.15, 0.2) is 18.1 Å². The van der Waals surface area contributed by atoms with Crippen molar-refractivity contribution in [1.29, 1.82) is 0 Å². The highest BCUT2D eigenvalue weighted by molar-refractivity contribution is 9.10. The Labute approximate surface area is 163 Å². The normalized spacial score (nSPS) is 15.5. The monoisotopic (exact) mass is 443 g/mol. The molecule has 0 spiro atoms. The molecule has 9 heteroatoms. The maximum Gasteiger partial charge on any atom is 0.344 e. The van der Waals surface area contributed by atoms with E-state index in [1.807, 2.05) is 0 Å². The first kappa shape index (κ1) is 20.3. The van der Waals surface area contributed by atoms with Gasteiger partial charge in [-0.2, -0.15) is 0 Å². The van der Waals surface area contributed by atoms with Gasteiger partial charge in [-0.25, -0.2) is 4.79 Å². The van der Waals surface area contributed by atoms with Gasteiger partial charge in [-0.3, -0.25) is 14.5 Å². The van der Waals surface area contributed by atoms with Crippen LogP contribution in [0.3, 0.4) is 0 Å². The van der Waals surface area contributed by atoms with Crippen molar-refractivity contribution in [1.82, 2.24) is 4.90 Å². The summed E-state index contributed by atoms with van der Waals surface area (Å²) in [7, 11) is 1.47. The number of methoxy groups -OCH3 is 1. The van der Waals surface area contributed by atoms with Crippen LogP contribution in [-0.2, 0) is 14.3 Å². The Morgan fingerprint density at radius 3 is 2.58 bits per heavy atom. The minimum atomic E-state index is -0.483. The molecule has 0 saturated carbocycles. The minimum absolute atomic E-state index is 0.245. The molecular weight excluding hydrogens is 426 g/mol. The second kappa shape index (κ2) is 9.09. The van der Waals surface area contributed by atoms with Crippen LogP contribution in [-0.4, -0.2) is 48.9 Å². The van der Waals surface area contributed by atoms with Crippen molar-refractivity contribution in [3.63, 3.8) is 0 Å². The number of imide groups is 1. The smallest absolute Gasteiger partial charge is 0.344 e. The summed E-state index contributed by atoms with van der Waals surface area (Å²) in [6.45, 7) is 3.81. The van der Waals surface area contributed by atoms with Gasteiger partial charge in [-0.1, -0.05) is 15.9 Å². The van der Waals surface area contributed by atoms with Crippen LogP contribution in [0.5, 0.6) is 11.5 Å². The number of nitrogens with zero attached hydrogens (tertiary/aromatic N) is 1. The quantitative estimate of drug-likeness (QED) is 0.471. The molecule has 1 fully saturated rings. The molecule has 2 rings (SSSR count). The topological polar surface area (TPSA) is 82.1 Å². The molecule has 0 unspecified atom stereocenters. The largest absolute Gasteiger partial charge is 0.493 e. The fraction of sp³-hybridized carbons (Fsp3) is 0.353. The molecule has 1 aromatic carbocycles. The molecule has 2 amide bonds. The molecule has 1 heterocycles. The van der Waals surface area contributed by atoms with Crippen molar-refractivity contribution in [2.75, 3.05) is 26.9 Å². The number of hydrogen-bond donors (Lipinski definition) is 0. The standard InChI is InChI=1S/C17H18BrNO6S/c1-4-19-16(21)14(26-17(19)22)7-10-6-12(23-3)13(8-11(10)18)25-9-15(20)24-5-2/h6-8H,4-5,9H2,1-3H3/b14-7+. The lowest BCUT2D eigenvalue weighted by Crippen LogP contribution is -2.27. The van der Waals surface area contributed by atoms with E-state index in [0.29, 0.717) is 33.0 Å². The van der Waals surface area contributed by atoms with Crippen LogP contribution in [0, 0.1) is 0 Å². The number of amides is 2. The molecular formula is C17H18BrNO6S. The summed E-state index contributed by atoms with van der Waals surface area (Å²) in [5.41, 5.74) is 0.645. The maximum absolute atomic E-state index is 12.2. The number of carbonyl (C=O) groups excluding carboxylic acids is 3. The van der Waals surface area contributed by atoms with Crippen LogP contribution in [0.1, 0.15) is 19.4 Å². The van der Waals surface area contributed by atoms with E-state index >= 15 is 0 Å². The van der Waals surface area contributed by atoms with Crippen molar-refractivity contribution in [3.8, 4) is 11.5 Å². The molecule has 1 aliphatic heterocycles. The summed E-state index contributed by atoms with van der Waals surface area (Å²) >= 11 is 4.30. The van der Waals surface area contributed by atoms with Gasteiger partial charge in [0.05, 0.1) is 18.6 Å². The number of thioether (sulfide) groups is 1. The van der Waals surface area contributed by atoms with Gasteiger partial charge in [-0.05, 0) is 49.4 Å². The summed E-state index contributed by atoms with van der Waals surface area (Å²) in [6, 6.07) is 3.29. The Morgan fingerprint density at radius 2 is 2.00 bits per heavy atom. The fourth-order valence-electron chi connectivity index (χ4n) is 2.19. The fourth-order valence-corrected chi connectivity index (χ4v) is 3.52. The van der Waals surface area contributed by atoms with Crippen molar-refractivity contribution >= 4 is 50.9 Å². The van der Waals surface area contributed by atoms with E-state index in [9.17, 15) is 14.4 Å². The molecule has 26 heavy (non-hydrogen) atoms. The van der Waals surface area contributed by atoms with Gasteiger partial charge in [-0.15, -0.1) is 0 Å². The van der Waals surface area contributed by atoms with Crippen LogP contribution >= 0.6 is 27.7 Å². The first-order valence-electron chi connectivity index (χ1n) is 7.82. The summed E-state index contributed by atoms with van der Waals surface area (Å²) in [5.74, 6) is -0.0660. The van der Waals surface area contributed by atoms with Crippen molar-refractivity contribution in [3.05, 3.63) is 27.1 Å². The Hall–Kier alpha value is -2.00. The zero-order valence-corrected chi connectivity index (χ0v) is 16.9. The average molecular weight is 444 g/mol. The van der Waals surface area contributed by atoms with E-state index in [-0.39, 0.29) is 24.4 Å². The van der Waals surface area contributed by atoms with Crippen LogP contribution in [0.15, 0.2) is 21.5 Å². The molecule has 140 valence electrons. The van der Waals surface area contributed by atoms with E-state index in [1.165, 1.54) is 12.0 Å². The number of hydrogen-bond acceptors (Lipinski definition) is 7. The van der Waals surface area contributed by atoms with Gasteiger partial charge in [0, 0.05) is 11.0 Å². The highest BCUT2D eigenvalue weighted by Gasteiger charge is 2.33. The maximum atomic E-state index is 12.2. The number of likely N-dealkylation sites (N-methyl/N-ethyl adjacent to an activating group) is 1. The third kappa shape index (κ3) is 4.59. The number of benzene rings is 1. The second-order valence-electron chi connectivity index (χ2n) is 5.04. The molecule has 7 nitrogen and oxygen atoms in total. The number of rotatable bonds is 7. The van der Waals surface area contributed by atoms with Crippen molar-refractivity contribution < 1.29 is 28.6 Å². The van der Waals surface area contributed by atoms with Gasteiger partial charge in [0.2, 0.25) is 0 Å². The Kier molecular flexibility index (Phi) is 7.10. The van der Waals surface area contributed by atoms with Gasteiger partial charge in [0.1, 0.15) is 0 Å². The van der Waals surface area contributed by atoms with Crippen LogP contribution in [0.25, 0.3) is 6.08 Å². The van der Waals surface area contributed by atoms with E-state index in [2.05, 4.69) is 15.9 Å². The summed E-state index contributed by atoms with van der Waals surface area (Å²) < 4.78 is 16.2. The lowest BCUT2D eigenvalue weighted by atomic mass is 10.2. The third-order valence-electron chi connectivity index (χ3n) is 3.41. The van der Waals surface area contributed by atoms with E-state index in [1.54, 1.807) is 32.1 Å². The molecule has 1 saturated heterocycles. The molecule has 0 aromatic heterocycles. The summed E-state index contributed by atoms with van der Waals surface area (Å²) in [4.78, 5) is 37.0. The van der Waals surface area contributed by atoms with Gasteiger partial charge < -0.3 is 14.2 Å². The molecule has 1 aliphatic rings. The Bertz CT molecular complexity index is 764. The number of carbonyl (C=O) groups is 3. The zero-order chi connectivity index (χ0) is 19.3. The summed E-state index contributed by atoms with van der Waals surface area (Å²) in [6.07, 6.45) is 1.61. The predicted octanol–water partition coefficient (Wildman–Crippen LogP) is 3.46. The molecule has 0 aliphatic carbocycles. The minimum Gasteiger partial charge on any atom is -0.493 e. The molecule has 0 radical (unpaired) electrons. The summed E-state index contributed by atoms with van der Waals surface area (Å²) in [5, 5.41) is -0.291. The Morgan fingerprint density at radius 1 is 1.27 bits per heavy atom. The van der Waals surface area contributed by atoms with Crippen LogP contribution in [0.4, 0.5) is 4.79 Å². The van der Waals surface area contributed by atoms with Crippen molar-refractivity contribution in [2.45, 2.75) is 13.8 Å². The van der Waals surface area contributed by atoms with E-state index in [4.69, 9.17) is 14.2 Å². The lowest BCUT2D eigenvalue weighted by molar-refractivity contribution is -0.145. The highest BCUT2D eigenvalue weighted by atomic mass is 79.9. The number of ether oxygens (including phenoxy) is 3. The lowest BCUT2D eigenvalue weighted by Gasteiger charge is -2.12. The molecule has 1 aromatic rings. The van der Waals surface area contributed by atoms with Crippen LogP contribution in [0.2, 0.25) is 0 Å². The van der Waals surface area contributed by atoms with Crippen LogP contribution < -0.4 is 9.47 Å². The SMILES string of the molecule is CCOC(=O)COc1cc(Br)c(/C=C2/SC(=O)N(CC)C2=O)cc1OC.